The average molecular weight is 230 g/mol. The second kappa shape index (κ2) is 5.98. The van der Waals surface area contributed by atoms with Crippen molar-refractivity contribution < 1.29 is 24.1 Å². The van der Waals surface area contributed by atoms with Crippen LogP contribution in [0.4, 0.5) is 0 Å². The summed E-state index contributed by atoms with van der Waals surface area (Å²) in [4.78, 5) is 10.6. The van der Waals surface area contributed by atoms with Crippen LogP contribution in [0.5, 0.6) is 0 Å². The van der Waals surface area contributed by atoms with E-state index in [2.05, 4.69) is 0 Å². The maximum Gasteiger partial charge on any atom is 0.302 e. The van der Waals surface area contributed by atoms with Crippen molar-refractivity contribution in [2.24, 2.45) is 0 Å². The molecule has 1 N–H and O–H groups in total. The van der Waals surface area contributed by atoms with Gasteiger partial charge in [-0.25, -0.2) is 0 Å². The Hall–Kier alpha value is -0.910. The SMILES string of the molecule is CC(=O)OCC1OC(OC(C)C)C=CC1O. The number of aliphatic hydroxyl groups excluding tert-OH is 1. The lowest BCUT2D eigenvalue weighted by Crippen LogP contribution is -2.40. The van der Waals surface area contributed by atoms with Crippen molar-refractivity contribution in [2.75, 3.05) is 6.61 Å². The predicted octanol–water partition coefficient (Wildman–Crippen LogP) is 0.616. The standard InChI is InChI=1S/C11H18O5/c1-7(2)15-11-5-4-9(13)10(16-11)6-14-8(3)12/h4-5,7,9-11,13H,6H2,1-3H3. The molecule has 3 unspecified atom stereocenters. The highest BCUT2D eigenvalue weighted by molar-refractivity contribution is 5.65. The maximum absolute atomic E-state index is 10.6. The molecular weight excluding hydrogens is 212 g/mol. The van der Waals surface area contributed by atoms with E-state index >= 15 is 0 Å². The molecular formula is C11H18O5. The number of esters is 1. The van der Waals surface area contributed by atoms with Crippen molar-refractivity contribution in [3.8, 4) is 0 Å². The number of rotatable bonds is 4. The summed E-state index contributed by atoms with van der Waals surface area (Å²) >= 11 is 0. The van der Waals surface area contributed by atoms with Gasteiger partial charge in [0.1, 0.15) is 18.8 Å². The van der Waals surface area contributed by atoms with E-state index in [0.717, 1.165) is 0 Å². The molecule has 0 aromatic carbocycles. The first-order valence-corrected chi connectivity index (χ1v) is 5.29. The lowest BCUT2D eigenvalue weighted by atomic mass is 10.1. The van der Waals surface area contributed by atoms with Crippen LogP contribution < -0.4 is 0 Å². The van der Waals surface area contributed by atoms with Crippen LogP contribution in [-0.2, 0) is 19.0 Å². The zero-order chi connectivity index (χ0) is 12.1. The fourth-order valence-electron chi connectivity index (χ4n) is 1.31. The minimum Gasteiger partial charge on any atom is -0.463 e. The van der Waals surface area contributed by atoms with E-state index < -0.39 is 24.5 Å². The lowest BCUT2D eigenvalue weighted by Gasteiger charge is -2.29. The highest BCUT2D eigenvalue weighted by Gasteiger charge is 2.27. The molecule has 1 rings (SSSR count). The average Bonchev–Trinajstić information content (AvgIpc) is 2.18. The monoisotopic (exact) mass is 230 g/mol. The highest BCUT2D eigenvalue weighted by Crippen LogP contribution is 2.15. The first kappa shape index (κ1) is 13.2. The first-order chi connectivity index (χ1) is 7.49. The third kappa shape index (κ3) is 4.30. The van der Waals surface area contributed by atoms with Gasteiger partial charge in [-0.15, -0.1) is 0 Å². The third-order valence-corrected chi connectivity index (χ3v) is 2.01. The Morgan fingerprint density at radius 3 is 2.75 bits per heavy atom. The number of carbonyl (C=O) groups is 1. The van der Waals surface area contributed by atoms with Crippen LogP contribution in [-0.4, -0.2) is 42.3 Å². The molecule has 1 aliphatic rings. The van der Waals surface area contributed by atoms with Gasteiger partial charge in [0.25, 0.3) is 0 Å². The summed E-state index contributed by atoms with van der Waals surface area (Å²) in [6.45, 7) is 5.12. The van der Waals surface area contributed by atoms with Crippen molar-refractivity contribution in [3.05, 3.63) is 12.2 Å². The highest BCUT2D eigenvalue weighted by atomic mass is 16.7. The molecule has 5 heteroatoms. The molecule has 0 saturated heterocycles. The molecule has 16 heavy (non-hydrogen) atoms. The molecule has 0 amide bonds. The van der Waals surface area contributed by atoms with E-state index in [1.54, 1.807) is 12.2 Å². The third-order valence-electron chi connectivity index (χ3n) is 2.01. The number of ether oxygens (including phenoxy) is 3. The molecule has 0 aromatic rings. The molecule has 0 aliphatic carbocycles. The van der Waals surface area contributed by atoms with Gasteiger partial charge in [-0.2, -0.15) is 0 Å². The first-order valence-electron chi connectivity index (χ1n) is 5.29. The molecule has 3 atom stereocenters. The Kier molecular flexibility index (Phi) is 4.92. The minimum absolute atomic E-state index is 0.0266. The summed E-state index contributed by atoms with van der Waals surface area (Å²) in [6.07, 6.45) is 1.42. The van der Waals surface area contributed by atoms with Gasteiger partial charge in [-0.1, -0.05) is 6.08 Å². The zero-order valence-electron chi connectivity index (χ0n) is 9.75. The van der Waals surface area contributed by atoms with Crippen molar-refractivity contribution in [3.63, 3.8) is 0 Å². The van der Waals surface area contributed by atoms with Crippen molar-refractivity contribution in [2.45, 2.75) is 45.4 Å². The van der Waals surface area contributed by atoms with E-state index in [9.17, 15) is 9.90 Å². The van der Waals surface area contributed by atoms with Gasteiger partial charge in [0.15, 0.2) is 6.29 Å². The zero-order valence-corrected chi connectivity index (χ0v) is 9.75. The Bertz CT molecular complexity index is 261. The molecule has 1 aliphatic heterocycles. The Morgan fingerprint density at radius 1 is 1.50 bits per heavy atom. The minimum atomic E-state index is -0.772. The normalized spacial score (nSPS) is 29.4. The molecule has 0 aromatic heterocycles. The van der Waals surface area contributed by atoms with Crippen LogP contribution in [0.1, 0.15) is 20.8 Å². The van der Waals surface area contributed by atoms with Gasteiger partial charge >= 0.3 is 5.97 Å². The summed E-state index contributed by atoms with van der Waals surface area (Å²) < 4.78 is 15.6. The van der Waals surface area contributed by atoms with E-state index in [0.29, 0.717) is 0 Å². The second-order valence-corrected chi connectivity index (χ2v) is 3.91. The van der Waals surface area contributed by atoms with Gasteiger partial charge in [0, 0.05) is 6.92 Å². The van der Waals surface area contributed by atoms with E-state index in [1.165, 1.54) is 6.92 Å². The molecule has 0 saturated carbocycles. The van der Waals surface area contributed by atoms with E-state index in [1.807, 2.05) is 13.8 Å². The van der Waals surface area contributed by atoms with Crippen LogP contribution in [0, 0.1) is 0 Å². The van der Waals surface area contributed by atoms with Gasteiger partial charge < -0.3 is 19.3 Å². The van der Waals surface area contributed by atoms with Crippen LogP contribution in [0.3, 0.4) is 0 Å². The van der Waals surface area contributed by atoms with Crippen LogP contribution in [0.25, 0.3) is 0 Å². The fourth-order valence-corrected chi connectivity index (χ4v) is 1.31. The molecule has 5 nitrogen and oxygen atoms in total. The van der Waals surface area contributed by atoms with Crippen molar-refractivity contribution in [1.82, 2.24) is 0 Å². The number of hydrogen-bond acceptors (Lipinski definition) is 5. The predicted molar refractivity (Wildman–Crippen MR) is 56.7 cm³/mol. The topological polar surface area (TPSA) is 65.0 Å². The number of carbonyl (C=O) groups excluding carboxylic acids is 1. The Labute approximate surface area is 95.0 Å². The summed E-state index contributed by atoms with van der Waals surface area (Å²) in [6, 6.07) is 0. The van der Waals surface area contributed by atoms with Gasteiger partial charge in [0.05, 0.1) is 6.10 Å². The van der Waals surface area contributed by atoms with Crippen molar-refractivity contribution in [1.29, 1.82) is 0 Å². The van der Waals surface area contributed by atoms with E-state index in [-0.39, 0.29) is 12.7 Å². The maximum atomic E-state index is 10.6. The molecule has 0 spiro atoms. The summed E-state index contributed by atoms with van der Waals surface area (Å²) in [7, 11) is 0. The van der Waals surface area contributed by atoms with Gasteiger partial charge in [-0.05, 0) is 19.9 Å². The van der Waals surface area contributed by atoms with Crippen LogP contribution >= 0.6 is 0 Å². The lowest BCUT2D eigenvalue weighted by molar-refractivity contribution is -0.198. The summed E-state index contributed by atoms with van der Waals surface area (Å²) in [5, 5.41) is 9.58. The molecule has 0 radical (unpaired) electrons. The number of aliphatic hydroxyl groups is 1. The quantitative estimate of drug-likeness (QED) is 0.566. The van der Waals surface area contributed by atoms with Crippen molar-refractivity contribution >= 4 is 5.97 Å². The Balaban J connectivity index is 2.46. The van der Waals surface area contributed by atoms with Crippen LogP contribution in [0.2, 0.25) is 0 Å². The molecule has 1 heterocycles. The molecule has 0 bridgehead atoms. The largest absolute Gasteiger partial charge is 0.463 e. The fraction of sp³-hybridized carbons (Fsp3) is 0.727. The van der Waals surface area contributed by atoms with Gasteiger partial charge in [0.2, 0.25) is 0 Å². The summed E-state index contributed by atoms with van der Waals surface area (Å²) in [5.41, 5.74) is 0. The number of hydrogen-bond donors (Lipinski definition) is 1. The Morgan fingerprint density at radius 2 is 2.19 bits per heavy atom. The van der Waals surface area contributed by atoms with E-state index in [4.69, 9.17) is 14.2 Å². The second-order valence-electron chi connectivity index (χ2n) is 3.91. The van der Waals surface area contributed by atoms with Gasteiger partial charge in [-0.3, -0.25) is 4.79 Å². The smallest absolute Gasteiger partial charge is 0.302 e. The molecule has 0 fully saturated rings. The van der Waals surface area contributed by atoms with Crippen LogP contribution in [0.15, 0.2) is 12.2 Å². The summed E-state index contributed by atoms with van der Waals surface area (Å²) in [5.74, 6) is -0.397. The molecule has 92 valence electrons.